The van der Waals surface area contributed by atoms with E-state index in [0.29, 0.717) is 0 Å². The summed E-state index contributed by atoms with van der Waals surface area (Å²) in [7, 11) is 1.38. The first-order valence-electron chi connectivity index (χ1n) is 6.58. The van der Waals surface area contributed by atoms with Crippen LogP contribution in [0.4, 0.5) is 10.8 Å². The summed E-state index contributed by atoms with van der Waals surface area (Å²) in [6, 6.07) is 8.34. The van der Waals surface area contributed by atoms with Crippen molar-refractivity contribution in [2.75, 3.05) is 12.4 Å². The van der Waals surface area contributed by atoms with Gasteiger partial charge in [-0.2, -0.15) is 0 Å². The second-order valence-electron chi connectivity index (χ2n) is 4.47. The minimum atomic E-state index is -0.272. The summed E-state index contributed by atoms with van der Waals surface area (Å²) >= 11 is 1.48. The van der Waals surface area contributed by atoms with Gasteiger partial charge in [0.15, 0.2) is 5.13 Å². The maximum absolute atomic E-state index is 11.2. The van der Waals surface area contributed by atoms with Crippen molar-refractivity contribution in [2.45, 2.75) is 26.2 Å². The highest BCUT2D eigenvalue weighted by molar-refractivity contribution is 7.13. The third-order valence-electron chi connectivity index (χ3n) is 2.85. The number of nitrogens with one attached hydrogen (secondary N) is 1. The number of benzene rings is 1. The van der Waals surface area contributed by atoms with Gasteiger partial charge in [-0.05, 0) is 24.1 Å². The highest BCUT2D eigenvalue weighted by Gasteiger charge is 2.07. The quantitative estimate of drug-likeness (QED) is 0.827. The third kappa shape index (κ3) is 4.06. The van der Waals surface area contributed by atoms with Crippen LogP contribution in [-0.2, 0) is 22.4 Å². The van der Waals surface area contributed by atoms with Crippen molar-refractivity contribution in [1.29, 1.82) is 0 Å². The molecule has 2 rings (SSSR count). The van der Waals surface area contributed by atoms with Crippen LogP contribution in [0.5, 0.6) is 0 Å². The maximum Gasteiger partial charge on any atom is 0.311 e. The Balaban J connectivity index is 1.97. The monoisotopic (exact) mass is 290 g/mol. The van der Waals surface area contributed by atoms with Crippen molar-refractivity contribution in [3.05, 3.63) is 40.9 Å². The molecular weight excluding hydrogens is 272 g/mol. The van der Waals surface area contributed by atoms with Gasteiger partial charge in [0.05, 0.1) is 19.2 Å². The smallest absolute Gasteiger partial charge is 0.311 e. The minimum Gasteiger partial charge on any atom is -0.469 e. The molecule has 0 atom stereocenters. The Hall–Kier alpha value is -1.88. The lowest BCUT2D eigenvalue weighted by atomic mass is 10.1. The van der Waals surface area contributed by atoms with E-state index >= 15 is 0 Å². The molecule has 1 aromatic carbocycles. The molecule has 4 nitrogen and oxygen atoms in total. The van der Waals surface area contributed by atoms with Crippen LogP contribution >= 0.6 is 11.3 Å². The van der Waals surface area contributed by atoms with E-state index in [4.69, 9.17) is 0 Å². The number of carbonyl (C=O) groups is 1. The molecule has 0 bridgehead atoms. The number of aryl methyl sites for hydroxylation is 1. The molecule has 2 aromatic rings. The number of anilines is 2. The van der Waals surface area contributed by atoms with Crippen LogP contribution < -0.4 is 5.32 Å². The van der Waals surface area contributed by atoms with E-state index in [9.17, 15) is 4.79 Å². The van der Waals surface area contributed by atoms with E-state index in [0.717, 1.165) is 29.4 Å². The molecule has 20 heavy (non-hydrogen) atoms. The van der Waals surface area contributed by atoms with Gasteiger partial charge in [-0.3, -0.25) is 4.79 Å². The van der Waals surface area contributed by atoms with Crippen molar-refractivity contribution in [3.8, 4) is 0 Å². The topological polar surface area (TPSA) is 51.2 Å². The van der Waals surface area contributed by atoms with E-state index in [-0.39, 0.29) is 12.4 Å². The minimum absolute atomic E-state index is 0.212. The number of carbonyl (C=O) groups excluding carboxylic acids is 1. The summed E-state index contributed by atoms with van der Waals surface area (Å²) in [5, 5.41) is 5.89. The Morgan fingerprint density at radius 3 is 2.75 bits per heavy atom. The van der Waals surface area contributed by atoms with Crippen molar-refractivity contribution >= 4 is 28.1 Å². The number of rotatable bonds is 6. The van der Waals surface area contributed by atoms with Crippen LogP contribution in [0.2, 0.25) is 0 Å². The second kappa shape index (κ2) is 7.05. The Kier molecular flexibility index (Phi) is 5.12. The van der Waals surface area contributed by atoms with Gasteiger partial charge >= 0.3 is 5.97 Å². The lowest BCUT2D eigenvalue weighted by Gasteiger charge is -2.04. The third-order valence-corrected chi connectivity index (χ3v) is 3.66. The standard InChI is InChI=1S/C15H18N2O2S/c1-3-4-11-5-7-12(8-6-11)16-15-17-13(10-20-15)9-14(18)19-2/h5-8,10H,3-4,9H2,1-2H3,(H,16,17). The molecule has 106 valence electrons. The van der Waals surface area contributed by atoms with Crippen LogP contribution in [-0.4, -0.2) is 18.1 Å². The van der Waals surface area contributed by atoms with Gasteiger partial charge in [0, 0.05) is 11.1 Å². The summed E-state index contributed by atoms with van der Waals surface area (Å²) < 4.78 is 4.62. The molecule has 1 N–H and O–H groups in total. The number of hydrogen-bond acceptors (Lipinski definition) is 5. The maximum atomic E-state index is 11.2. The van der Waals surface area contributed by atoms with Crippen LogP contribution in [0.25, 0.3) is 0 Å². The SMILES string of the molecule is CCCc1ccc(Nc2nc(CC(=O)OC)cs2)cc1. The van der Waals surface area contributed by atoms with Crippen LogP contribution in [0.3, 0.4) is 0 Å². The van der Waals surface area contributed by atoms with Crippen molar-refractivity contribution in [1.82, 2.24) is 4.98 Å². The number of hydrogen-bond donors (Lipinski definition) is 1. The van der Waals surface area contributed by atoms with Crippen molar-refractivity contribution < 1.29 is 9.53 Å². The summed E-state index contributed by atoms with van der Waals surface area (Å²) in [5.41, 5.74) is 3.07. The average molecular weight is 290 g/mol. The summed E-state index contributed by atoms with van der Waals surface area (Å²) in [6.07, 6.45) is 2.46. The van der Waals surface area contributed by atoms with Gasteiger partial charge in [0.2, 0.25) is 0 Å². The Morgan fingerprint density at radius 2 is 2.10 bits per heavy atom. The van der Waals surface area contributed by atoms with E-state index in [1.165, 1.54) is 24.0 Å². The molecule has 0 aliphatic carbocycles. The largest absolute Gasteiger partial charge is 0.469 e. The Bertz CT molecular complexity index is 564. The molecule has 0 saturated carbocycles. The molecule has 0 spiro atoms. The predicted octanol–water partition coefficient (Wildman–Crippen LogP) is 3.55. The molecule has 0 amide bonds. The Morgan fingerprint density at radius 1 is 1.35 bits per heavy atom. The van der Waals surface area contributed by atoms with Crippen LogP contribution in [0.15, 0.2) is 29.6 Å². The van der Waals surface area contributed by atoms with E-state index in [1.807, 2.05) is 17.5 Å². The Labute approximate surface area is 122 Å². The number of nitrogens with zero attached hydrogens (tertiary/aromatic N) is 1. The molecule has 0 radical (unpaired) electrons. The number of ether oxygens (including phenoxy) is 1. The summed E-state index contributed by atoms with van der Waals surface area (Å²) in [6.45, 7) is 2.17. The lowest BCUT2D eigenvalue weighted by Crippen LogP contribution is -2.04. The van der Waals surface area contributed by atoms with E-state index in [2.05, 4.69) is 34.1 Å². The van der Waals surface area contributed by atoms with Crippen LogP contribution in [0, 0.1) is 0 Å². The lowest BCUT2D eigenvalue weighted by molar-refractivity contribution is -0.139. The normalized spacial score (nSPS) is 10.3. The highest BCUT2D eigenvalue weighted by atomic mass is 32.1. The molecule has 1 heterocycles. The molecule has 0 saturated heterocycles. The number of thiazole rings is 1. The number of aromatic nitrogens is 1. The second-order valence-corrected chi connectivity index (χ2v) is 5.33. The fourth-order valence-electron chi connectivity index (χ4n) is 1.83. The van der Waals surface area contributed by atoms with E-state index in [1.54, 1.807) is 0 Å². The van der Waals surface area contributed by atoms with Crippen molar-refractivity contribution in [3.63, 3.8) is 0 Å². The fourth-order valence-corrected chi connectivity index (χ4v) is 2.56. The molecule has 0 fully saturated rings. The van der Waals surface area contributed by atoms with Crippen LogP contribution in [0.1, 0.15) is 24.6 Å². The van der Waals surface area contributed by atoms with Gasteiger partial charge in [-0.25, -0.2) is 4.98 Å². The zero-order chi connectivity index (χ0) is 14.4. The van der Waals surface area contributed by atoms with E-state index < -0.39 is 0 Å². The van der Waals surface area contributed by atoms with Gasteiger partial charge < -0.3 is 10.1 Å². The fraction of sp³-hybridized carbons (Fsp3) is 0.333. The van der Waals surface area contributed by atoms with Crippen molar-refractivity contribution in [2.24, 2.45) is 0 Å². The zero-order valence-corrected chi connectivity index (χ0v) is 12.5. The van der Waals surface area contributed by atoms with Gasteiger partial charge in [-0.15, -0.1) is 11.3 Å². The number of esters is 1. The zero-order valence-electron chi connectivity index (χ0n) is 11.7. The highest BCUT2D eigenvalue weighted by Crippen LogP contribution is 2.21. The predicted molar refractivity (Wildman–Crippen MR) is 81.6 cm³/mol. The molecule has 0 aliphatic rings. The first-order valence-corrected chi connectivity index (χ1v) is 7.46. The first-order chi connectivity index (χ1) is 9.71. The van der Waals surface area contributed by atoms with Gasteiger partial charge in [-0.1, -0.05) is 25.5 Å². The molecular formula is C15H18N2O2S. The molecule has 0 unspecified atom stereocenters. The summed E-state index contributed by atoms with van der Waals surface area (Å²) in [5.74, 6) is -0.272. The molecule has 1 aromatic heterocycles. The first kappa shape index (κ1) is 14.5. The molecule has 5 heteroatoms. The van der Waals surface area contributed by atoms with Gasteiger partial charge in [0.25, 0.3) is 0 Å². The average Bonchev–Trinajstić information content (AvgIpc) is 2.88. The number of methoxy groups -OCH3 is 1. The molecule has 0 aliphatic heterocycles. The van der Waals surface area contributed by atoms with Gasteiger partial charge in [0.1, 0.15) is 0 Å². The summed E-state index contributed by atoms with van der Waals surface area (Å²) in [4.78, 5) is 15.5.